The quantitative estimate of drug-likeness (QED) is 0.160. The van der Waals surface area contributed by atoms with E-state index in [1.54, 1.807) is 0 Å². The van der Waals surface area contributed by atoms with Gasteiger partial charge in [-0.2, -0.15) is 0 Å². The Kier molecular flexibility index (Phi) is 8.97. The fraction of sp³-hybridized carbons (Fsp3) is 0.0484. The summed E-state index contributed by atoms with van der Waals surface area (Å²) in [5, 5.41) is 6.91. The largest absolute Gasteiger partial charge is 0.456 e. The van der Waals surface area contributed by atoms with Gasteiger partial charge in [0.25, 0.3) is 0 Å². The van der Waals surface area contributed by atoms with Crippen molar-refractivity contribution in [2.45, 2.75) is 20.3 Å². The number of fused-ring (bicyclic) bond motifs is 9. The fourth-order valence-corrected chi connectivity index (χ4v) is 10.5. The highest BCUT2D eigenvalue weighted by atomic mass is 16.3. The van der Waals surface area contributed by atoms with Crippen LogP contribution in [0.3, 0.4) is 0 Å². The first-order chi connectivity index (χ1) is 33.1. The minimum absolute atomic E-state index is 0.578. The van der Waals surface area contributed by atoms with Gasteiger partial charge in [0.05, 0.1) is 11.0 Å². The average Bonchev–Trinajstić information content (AvgIpc) is 4.05. The summed E-state index contributed by atoms with van der Waals surface area (Å²) in [6, 6.07) is 71.1. The van der Waals surface area contributed by atoms with Crippen LogP contribution < -0.4 is 0 Å². The third kappa shape index (κ3) is 6.34. The van der Waals surface area contributed by atoms with Crippen LogP contribution in [-0.2, 0) is 6.42 Å². The van der Waals surface area contributed by atoms with E-state index in [1.165, 1.54) is 55.0 Å². The molecule has 9 aromatic carbocycles. The molecule has 1 aliphatic carbocycles. The molecule has 0 aliphatic heterocycles. The predicted octanol–water partition coefficient (Wildman–Crippen LogP) is 16.1. The lowest BCUT2D eigenvalue weighted by atomic mass is 9.90. The van der Waals surface area contributed by atoms with Crippen molar-refractivity contribution < 1.29 is 4.42 Å². The molecule has 0 atom stereocenters. The van der Waals surface area contributed by atoms with Crippen molar-refractivity contribution in [3.8, 4) is 51.0 Å². The number of hydrogen-bond acceptors (Lipinski definition) is 4. The van der Waals surface area contributed by atoms with Crippen molar-refractivity contribution >= 4 is 65.7 Å². The Hall–Kier alpha value is -8.67. The standard InChI is InChI=1S/C62H42N4O/c1-3-47(57-38(2)34-41-19-8-9-24-48(41)57)42-20-13-21-43(35-42)50-27-15-28-53-54-33-30-39-16-7-10-25-49(39)58(54)66(59(50)53)46-23-14-22-44(36-46)61-63-60(40-17-5-4-6-18-40)64-62(65-61)45-31-32-52-51-26-11-12-29-55(51)67-56(52)37-45/h3-33,35-37H,34H2,1-2H3/b47-3-. The smallest absolute Gasteiger partial charge is 0.164 e. The van der Waals surface area contributed by atoms with E-state index in [1.807, 2.05) is 54.6 Å². The summed E-state index contributed by atoms with van der Waals surface area (Å²) in [5.41, 5.74) is 17.9. The molecular formula is C62H42N4O. The third-order valence-corrected chi connectivity index (χ3v) is 13.6. The maximum atomic E-state index is 6.33. The number of allylic oxidation sites excluding steroid dienone is 4. The number of furan rings is 1. The Morgan fingerprint density at radius 2 is 1.10 bits per heavy atom. The highest BCUT2D eigenvalue weighted by Gasteiger charge is 2.24. The van der Waals surface area contributed by atoms with E-state index in [9.17, 15) is 0 Å². The minimum Gasteiger partial charge on any atom is -0.456 e. The molecule has 3 aromatic heterocycles. The zero-order valence-corrected chi connectivity index (χ0v) is 37.0. The molecule has 13 rings (SSSR count). The SMILES string of the molecule is C/C=C(\C1=C(C)Cc2ccccc21)c1cccc(-c2cccc3c4ccc5ccccc5c4n(-c4cccc(-c5nc(-c6ccccc6)nc(-c6ccc7c(c6)oc6ccccc67)n5)c4)c23)c1. The van der Waals surface area contributed by atoms with Crippen molar-refractivity contribution in [1.29, 1.82) is 0 Å². The summed E-state index contributed by atoms with van der Waals surface area (Å²) in [7, 11) is 0. The van der Waals surface area contributed by atoms with Gasteiger partial charge in [-0.15, -0.1) is 0 Å². The van der Waals surface area contributed by atoms with Crippen molar-refractivity contribution in [3.05, 3.63) is 229 Å². The zero-order chi connectivity index (χ0) is 44.6. The van der Waals surface area contributed by atoms with E-state index in [0.29, 0.717) is 17.5 Å². The lowest BCUT2D eigenvalue weighted by Crippen LogP contribution is -2.01. The normalized spacial score (nSPS) is 12.9. The van der Waals surface area contributed by atoms with E-state index < -0.39 is 0 Å². The molecule has 0 saturated heterocycles. The van der Waals surface area contributed by atoms with E-state index in [0.717, 1.165) is 72.9 Å². The van der Waals surface area contributed by atoms with E-state index in [2.05, 4.69) is 170 Å². The van der Waals surface area contributed by atoms with Crippen LogP contribution in [0.15, 0.2) is 216 Å². The molecule has 5 heteroatoms. The Bertz CT molecular complexity index is 4040. The molecule has 5 nitrogen and oxygen atoms in total. The minimum atomic E-state index is 0.578. The van der Waals surface area contributed by atoms with Gasteiger partial charge in [0.15, 0.2) is 17.5 Å². The molecule has 0 fully saturated rings. The summed E-state index contributed by atoms with van der Waals surface area (Å²) in [5.74, 6) is 1.77. The molecule has 0 amide bonds. The van der Waals surface area contributed by atoms with Crippen LogP contribution in [-0.4, -0.2) is 19.5 Å². The maximum absolute atomic E-state index is 6.33. The zero-order valence-electron chi connectivity index (χ0n) is 37.0. The van der Waals surface area contributed by atoms with Gasteiger partial charge in [-0.3, -0.25) is 0 Å². The molecule has 0 spiro atoms. The number of para-hydroxylation sites is 2. The fourth-order valence-electron chi connectivity index (χ4n) is 10.5. The molecule has 67 heavy (non-hydrogen) atoms. The van der Waals surface area contributed by atoms with Crippen LogP contribution in [0.2, 0.25) is 0 Å². The lowest BCUT2D eigenvalue weighted by Gasteiger charge is -2.16. The highest BCUT2D eigenvalue weighted by molar-refractivity contribution is 6.21. The van der Waals surface area contributed by atoms with E-state index in [4.69, 9.17) is 19.4 Å². The van der Waals surface area contributed by atoms with Gasteiger partial charge in [0.2, 0.25) is 0 Å². The Balaban J connectivity index is 1.01. The summed E-state index contributed by atoms with van der Waals surface area (Å²) < 4.78 is 8.79. The van der Waals surface area contributed by atoms with Crippen LogP contribution in [0.1, 0.15) is 30.5 Å². The van der Waals surface area contributed by atoms with Gasteiger partial charge >= 0.3 is 0 Å². The molecule has 0 bridgehead atoms. The molecule has 1 aliphatic rings. The molecule has 0 radical (unpaired) electrons. The van der Waals surface area contributed by atoms with Crippen LogP contribution in [0, 0.1) is 0 Å². The van der Waals surface area contributed by atoms with Gasteiger partial charge in [-0.25, -0.2) is 15.0 Å². The Morgan fingerprint density at radius 3 is 1.97 bits per heavy atom. The number of rotatable bonds is 7. The second kappa shape index (κ2) is 15.5. The first-order valence-electron chi connectivity index (χ1n) is 22.9. The second-order valence-electron chi connectivity index (χ2n) is 17.5. The summed E-state index contributed by atoms with van der Waals surface area (Å²) in [6.45, 7) is 4.44. The van der Waals surface area contributed by atoms with Crippen molar-refractivity contribution in [3.63, 3.8) is 0 Å². The number of nitrogens with zero attached hydrogens (tertiary/aromatic N) is 4. The van der Waals surface area contributed by atoms with Crippen LogP contribution >= 0.6 is 0 Å². The maximum Gasteiger partial charge on any atom is 0.164 e. The van der Waals surface area contributed by atoms with E-state index >= 15 is 0 Å². The molecule has 0 N–H and O–H groups in total. The first-order valence-corrected chi connectivity index (χ1v) is 22.9. The summed E-state index contributed by atoms with van der Waals surface area (Å²) in [4.78, 5) is 15.5. The van der Waals surface area contributed by atoms with Crippen LogP contribution in [0.4, 0.5) is 0 Å². The molecule has 316 valence electrons. The van der Waals surface area contributed by atoms with Crippen LogP contribution in [0.5, 0.6) is 0 Å². The number of hydrogen-bond donors (Lipinski definition) is 0. The molecule has 0 unspecified atom stereocenters. The van der Waals surface area contributed by atoms with Crippen molar-refractivity contribution in [2.75, 3.05) is 0 Å². The Labute approximate surface area is 387 Å². The van der Waals surface area contributed by atoms with Crippen LogP contribution in [0.25, 0.3) is 117 Å². The number of benzene rings is 9. The van der Waals surface area contributed by atoms with Gasteiger partial charge in [0.1, 0.15) is 11.2 Å². The Morgan fingerprint density at radius 1 is 0.478 bits per heavy atom. The molecule has 3 heterocycles. The summed E-state index contributed by atoms with van der Waals surface area (Å²) >= 11 is 0. The molecule has 0 saturated carbocycles. The average molecular weight is 859 g/mol. The van der Waals surface area contributed by atoms with Crippen molar-refractivity contribution in [1.82, 2.24) is 19.5 Å². The van der Waals surface area contributed by atoms with E-state index in [-0.39, 0.29) is 0 Å². The monoisotopic (exact) mass is 858 g/mol. The first kappa shape index (κ1) is 38.8. The van der Waals surface area contributed by atoms with Gasteiger partial charge in [-0.05, 0) is 95.5 Å². The highest BCUT2D eigenvalue weighted by Crippen LogP contribution is 2.45. The van der Waals surface area contributed by atoms with Gasteiger partial charge in [-0.1, -0.05) is 175 Å². The molecular weight excluding hydrogens is 817 g/mol. The second-order valence-corrected chi connectivity index (χ2v) is 17.5. The molecule has 12 aromatic rings. The lowest BCUT2D eigenvalue weighted by molar-refractivity contribution is 0.669. The predicted molar refractivity (Wildman–Crippen MR) is 277 cm³/mol. The van der Waals surface area contributed by atoms with Gasteiger partial charge < -0.3 is 8.98 Å². The van der Waals surface area contributed by atoms with Gasteiger partial charge in [0, 0.05) is 54.9 Å². The summed E-state index contributed by atoms with van der Waals surface area (Å²) in [6.07, 6.45) is 3.26. The third-order valence-electron chi connectivity index (χ3n) is 13.6. The topological polar surface area (TPSA) is 56.7 Å². The van der Waals surface area contributed by atoms with Crippen molar-refractivity contribution in [2.24, 2.45) is 0 Å². The number of aromatic nitrogens is 4.